The average molecular weight is 634 g/mol. The maximum Gasteiger partial charge on any atom is 0.226 e. The number of aliphatic hydroxyl groups excluding tert-OH is 1. The molecule has 12 atom stereocenters. The van der Waals surface area contributed by atoms with E-state index in [4.69, 9.17) is 0 Å². The van der Waals surface area contributed by atoms with Gasteiger partial charge in [0, 0.05) is 30.8 Å². The van der Waals surface area contributed by atoms with Crippen LogP contribution in [-0.2, 0) is 9.59 Å². The highest BCUT2D eigenvalue weighted by atomic mass is 16.3. The molecule has 0 aromatic heterocycles. The first-order chi connectivity index (χ1) is 21.4. The van der Waals surface area contributed by atoms with Crippen molar-refractivity contribution in [2.75, 3.05) is 13.1 Å². The first-order valence-electron chi connectivity index (χ1n) is 19.6. The van der Waals surface area contributed by atoms with Gasteiger partial charge in [0.1, 0.15) is 5.78 Å². The summed E-state index contributed by atoms with van der Waals surface area (Å²) in [6.07, 6.45) is 15.1. The molecule has 0 aromatic carbocycles. The Hall–Kier alpha value is -1.16. The van der Waals surface area contributed by atoms with E-state index in [-0.39, 0.29) is 44.5 Å². The van der Waals surface area contributed by atoms with Crippen molar-refractivity contribution in [2.24, 2.45) is 73.9 Å². The van der Waals surface area contributed by atoms with E-state index in [1.165, 1.54) is 37.7 Å². The van der Waals surface area contributed by atoms with Gasteiger partial charge in [0.05, 0.1) is 6.10 Å². The minimum atomic E-state index is -0.213. The number of Topliss-reactive ketones (excluding diaryl/α,β-unsaturated/α-hetero) is 1. The standard InChI is InChI=1S/C42H67NO3/c1-26(2)28-14-19-42(34(45)25-27-24-30(37(27,3)4)36(46)43-22-10-11-23-43)21-20-40(8)29(35(28)42)12-13-32-39(7)17-16-33(44)38(5,6)31(39)15-18-41(32,40)9/h27-33,35,44H,1,10-25H2,2-9H3/t27-,28-,29+,30+,31-,32+,33-,35+,39-,40+,41+,42+/m0/s1. The summed E-state index contributed by atoms with van der Waals surface area (Å²) in [7, 11) is 0. The predicted octanol–water partition coefficient (Wildman–Crippen LogP) is 9.25. The molecule has 7 aliphatic rings. The molecule has 1 amide bonds. The van der Waals surface area contributed by atoms with Gasteiger partial charge in [-0.1, -0.05) is 60.6 Å². The fourth-order valence-electron chi connectivity index (χ4n) is 15.0. The van der Waals surface area contributed by atoms with Crippen molar-refractivity contribution in [1.82, 2.24) is 4.90 Å². The van der Waals surface area contributed by atoms with Crippen molar-refractivity contribution < 1.29 is 14.7 Å². The van der Waals surface area contributed by atoms with Gasteiger partial charge in [-0.25, -0.2) is 0 Å². The van der Waals surface area contributed by atoms with Crippen molar-refractivity contribution in [2.45, 2.75) is 151 Å². The van der Waals surface area contributed by atoms with Crippen LogP contribution in [0.25, 0.3) is 0 Å². The second kappa shape index (κ2) is 10.7. The van der Waals surface area contributed by atoms with Crippen molar-refractivity contribution in [3.63, 3.8) is 0 Å². The second-order valence-electron chi connectivity index (χ2n) is 20.2. The summed E-state index contributed by atoms with van der Waals surface area (Å²) in [4.78, 5) is 30.4. The van der Waals surface area contributed by atoms with Crippen LogP contribution < -0.4 is 0 Å². The Bertz CT molecular complexity index is 1280. The largest absolute Gasteiger partial charge is 0.393 e. The molecule has 7 rings (SSSR count). The van der Waals surface area contributed by atoms with E-state index in [1.807, 2.05) is 0 Å². The van der Waals surface area contributed by atoms with Gasteiger partial charge in [0.15, 0.2) is 0 Å². The van der Waals surface area contributed by atoms with Crippen LogP contribution in [0.3, 0.4) is 0 Å². The Labute approximate surface area is 281 Å². The van der Waals surface area contributed by atoms with Crippen molar-refractivity contribution in [3.05, 3.63) is 12.2 Å². The number of aliphatic hydroxyl groups is 1. The van der Waals surface area contributed by atoms with Crippen LogP contribution in [0, 0.1) is 73.9 Å². The summed E-state index contributed by atoms with van der Waals surface area (Å²) in [5, 5.41) is 11.1. The third-order valence-electron chi connectivity index (χ3n) is 18.2. The molecule has 6 saturated carbocycles. The maximum atomic E-state index is 14.9. The van der Waals surface area contributed by atoms with Crippen LogP contribution in [0.2, 0.25) is 0 Å². The van der Waals surface area contributed by atoms with Gasteiger partial charge in [-0.15, -0.1) is 0 Å². The van der Waals surface area contributed by atoms with Gasteiger partial charge in [0.2, 0.25) is 5.91 Å². The number of carbonyl (C=O) groups is 2. The van der Waals surface area contributed by atoms with E-state index in [9.17, 15) is 14.7 Å². The number of allylic oxidation sites excluding steroid dienone is 1. The molecule has 1 N–H and O–H groups in total. The monoisotopic (exact) mass is 634 g/mol. The molecule has 4 heteroatoms. The zero-order valence-electron chi connectivity index (χ0n) is 30.9. The molecular weight excluding hydrogens is 566 g/mol. The quantitative estimate of drug-likeness (QED) is 0.307. The van der Waals surface area contributed by atoms with Gasteiger partial charge >= 0.3 is 0 Å². The number of carbonyl (C=O) groups excluding carboxylic acids is 2. The molecule has 46 heavy (non-hydrogen) atoms. The van der Waals surface area contributed by atoms with Crippen LogP contribution in [0.5, 0.6) is 0 Å². The summed E-state index contributed by atoms with van der Waals surface area (Å²) in [6.45, 7) is 25.9. The summed E-state index contributed by atoms with van der Waals surface area (Å²) in [6, 6.07) is 0. The summed E-state index contributed by atoms with van der Waals surface area (Å²) >= 11 is 0. The third-order valence-corrected chi connectivity index (χ3v) is 18.2. The Kier molecular flexibility index (Phi) is 7.73. The molecule has 1 aliphatic heterocycles. The highest BCUT2D eigenvalue weighted by Gasteiger charge is 2.72. The van der Waals surface area contributed by atoms with Gasteiger partial charge < -0.3 is 10.0 Å². The van der Waals surface area contributed by atoms with Crippen LogP contribution in [0.15, 0.2) is 12.2 Å². The first-order valence-corrected chi connectivity index (χ1v) is 19.6. The first kappa shape index (κ1) is 33.3. The third kappa shape index (κ3) is 4.25. The topological polar surface area (TPSA) is 57.6 Å². The Morgan fingerprint density at radius 3 is 2.13 bits per heavy atom. The highest BCUT2D eigenvalue weighted by molar-refractivity contribution is 5.87. The Morgan fingerprint density at radius 1 is 0.783 bits per heavy atom. The molecule has 0 aromatic rings. The zero-order valence-corrected chi connectivity index (χ0v) is 30.9. The molecule has 1 saturated heterocycles. The lowest BCUT2D eigenvalue weighted by Crippen LogP contribution is -2.67. The fourth-order valence-corrected chi connectivity index (χ4v) is 15.0. The molecule has 4 nitrogen and oxygen atoms in total. The molecule has 258 valence electrons. The summed E-state index contributed by atoms with van der Waals surface area (Å²) < 4.78 is 0. The molecule has 1 heterocycles. The highest BCUT2D eigenvalue weighted by Crippen LogP contribution is 2.78. The maximum absolute atomic E-state index is 14.9. The average Bonchev–Trinajstić information content (AvgIpc) is 3.67. The number of rotatable bonds is 5. The molecule has 0 spiro atoms. The zero-order chi connectivity index (χ0) is 33.2. The van der Waals surface area contributed by atoms with Crippen molar-refractivity contribution in [3.8, 4) is 0 Å². The predicted molar refractivity (Wildman–Crippen MR) is 186 cm³/mol. The Balaban J connectivity index is 1.16. The fraction of sp³-hybridized carbons (Fsp3) is 0.905. The number of amides is 1. The number of nitrogens with zero attached hydrogens (tertiary/aromatic N) is 1. The number of likely N-dealkylation sites (tertiary alicyclic amines) is 1. The lowest BCUT2D eigenvalue weighted by Gasteiger charge is -2.73. The van der Waals surface area contributed by atoms with Crippen LogP contribution in [0.4, 0.5) is 0 Å². The molecular formula is C42H67NO3. The van der Waals surface area contributed by atoms with Crippen LogP contribution in [0.1, 0.15) is 145 Å². The van der Waals surface area contributed by atoms with Gasteiger partial charge in [-0.2, -0.15) is 0 Å². The van der Waals surface area contributed by atoms with Gasteiger partial charge in [-0.3, -0.25) is 9.59 Å². The molecule has 6 aliphatic carbocycles. The van der Waals surface area contributed by atoms with Crippen LogP contribution >= 0.6 is 0 Å². The lowest BCUT2D eigenvalue weighted by atomic mass is 9.32. The number of hydrogen-bond acceptors (Lipinski definition) is 3. The van der Waals surface area contributed by atoms with E-state index < -0.39 is 0 Å². The lowest BCUT2D eigenvalue weighted by molar-refractivity contribution is -0.246. The number of fused-ring (bicyclic) bond motifs is 7. The smallest absolute Gasteiger partial charge is 0.226 e. The summed E-state index contributed by atoms with van der Waals surface area (Å²) in [5.41, 5.74) is 1.72. The number of hydrogen-bond donors (Lipinski definition) is 1. The van der Waals surface area contributed by atoms with E-state index in [0.717, 1.165) is 64.5 Å². The molecule has 0 bridgehead atoms. The SMILES string of the molecule is C=C(C)[C@@H]1CC[C@]2(C(=O)C[C@@H]3C[C@H](C(=O)N4CCCC4)C3(C)C)CC[C@]3(C)[C@H](CC[C@@H]4[C@@]5(C)CC[C@H](O)C(C)(C)[C@@H]5CC[C@]43C)[C@@H]12. The molecule has 7 fully saturated rings. The normalized spacial score (nSPS) is 50.4. The minimum Gasteiger partial charge on any atom is -0.393 e. The minimum absolute atomic E-state index is 0.0237. The molecule has 0 radical (unpaired) electrons. The Morgan fingerprint density at radius 2 is 1.48 bits per heavy atom. The second-order valence-corrected chi connectivity index (χ2v) is 20.2. The van der Waals surface area contributed by atoms with E-state index in [0.29, 0.717) is 53.6 Å². The van der Waals surface area contributed by atoms with Gasteiger partial charge in [-0.05, 0) is 153 Å². The summed E-state index contributed by atoms with van der Waals surface area (Å²) in [5.74, 6) is 3.97. The van der Waals surface area contributed by atoms with Crippen LogP contribution in [-0.4, -0.2) is 40.9 Å². The van der Waals surface area contributed by atoms with E-state index in [2.05, 4.69) is 66.9 Å². The van der Waals surface area contributed by atoms with Crippen molar-refractivity contribution in [1.29, 1.82) is 0 Å². The van der Waals surface area contributed by atoms with E-state index in [1.54, 1.807) is 0 Å². The number of ketones is 1. The van der Waals surface area contributed by atoms with E-state index >= 15 is 0 Å². The molecule has 0 unspecified atom stereocenters. The van der Waals surface area contributed by atoms with Gasteiger partial charge in [0.25, 0.3) is 0 Å². The van der Waals surface area contributed by atoms with Crippen molar-refractivity contribution >= 4 is 11.7 Å².